The van der Waals surface area contributed by atoms with Crippen molar-refractivity contribution in [3.05, 3.63) is 181 Å². The Morgan fingerprint density at radius 1 is 0.472 bits per heavy atom. The molecule has 7 aromatic carbocycles. The first kappa shape index (κ1) is 33.5. The van der Waals surface area contributed by atoms with Crippen LogP contribution in [0.15, 0.2) is 159 Å². The van der Waals surface area contributed by atoms with Crippen LogP contribution in [0.3, 0.4) is 0 Å². The lowest BCUT2D eigenvalue weighted by atomic mass is 9.67. The van der Waals surface area contributed by atoms with Crippen molar-refractivity contribution in [2.24, 2.45) is 0 Å². The molecule has 0 saturated heterocycles. The molecule has 0 unspecified atom stereocenters. The van der Waals surface area contributed by atoms with Crippen LogP contribution in [0.25, 0.3) is 43.4 Å². The van der Waals surface area contributed by atoms with E-state index >= 15 is 0 Å². The molecule has 0 N–H and O–H groups in total. The molecule has 0 saturated carbocycles. The molecule has 0 spiro atoms. The molecule has 6 nitrogen and oxygen atoms in total. The predicted octanol–water partition coefficient (Wildman–Crippen LogP) is 9.73. The second-order valence-electron chi connectivity index (χ2n) is 12.9. The Morgan fingerprint density at radius 2 is 0.943 bits per heavy atom. The molecule has 53 heavy (non-hydrogen) atoms. The summed E-state index contributed by atoms with van der Waals surface area (Å²) in [6.07, 6.45) is 2.28. The fraction of sp³-hybridized carbons (Fsp3) is 0.106. The summed E-state index contributed by atoms with van der Waals surface area (Å²) in [4.78, 5) is 22.8. The lowest BCUT2D eigenvalue weighted by Gasteiger charge is -2.34. The lowest BCUT2D eigenvalue weighted by molar-refractivity contribution is -0.139. The van der Waals surface area contributed by atoms with Crippen LogP contribution in [0.4, 0.5) is 0 Å². The zero-order valence-electron chi connectivity index (χ0n) is 29.0. The van der Waals surface area contributed by atoms with Gasteiger partial charge in [-0.15, -0.1) is 0 Å². The van der Waals surface area contributed by atoms with Crippen molar-refractivity contribution >= 4 is 44.3 Å². The summed E-state index contributed by atoms with van der Waals surface area (Å²) in [7, 11) is 0. The van der Waals surface area contributed by atoms with E-state index in [1.54, 1.807) is 0 Å². The number of hydrogen-bond acceptors (Lipinski definition) is 6. The minimum absolute atomic E-state index is 0.144. The van der Waals surface area contributed by atoms with Gasteiger partial charge in [-0.3, -0.25) is 0 Å². The van der Waals surface area contributed by atoms with Crippen LogP contribution in [0.2, 0.25) is 0 Å². The van der Waals surface area contributed by atoms with Crippen LogP contribution in [0.5, 0.6) is 11.5 Å². The third kappa shape index (κ3) is 6.19. The molecule has 0 heterocycles. The molecule has 0 fully saturated rings. The molecule has 0 bridgehead atoms. The van der Waals surface area contributed by atoms with Gasteiger partial charge < -0.3 is 18.9 Å². The monoisotopic (exact) mass is 696 g/mol. The highest BCUT2D eigenvalue weighted by molar-refractivity contribution is 5.97. The average Bonchev–Trinajstić information content (AvgIpc) is 3.49. The molecule has 0 aliphatic heterocycles. The second-order valence-corrected chi connectivity index (χ2v) is 12.9. The highest BCUT2D eigenvalue weighted by Gasteiger charge is 2.46. The van der Waals surface area contributed by atoms with E-state index in [1.807, 2.05) is 24.3 Å². The molecule has 8 rings (SSSR count). The largest absolute Gasteiger partial charge is 0.490 e. The molecule has 6 heteroatoms. The molecule has 0 radical (unpaired) electrons. The van der Waals surface area contributed by atoms with Gasteiger partial charge in [-0.2, -0.15) is 0 Å². The minimum Gasteiger partial charge on any atom is -0.490 e. The standard InChI is InChI=1S/C47H36O6/c1-3-45(48)52-23-21-50-39-19-15-33-25-37(17-13-35(33)27-39)47(38-18-14-36-28-40(20-16-34(36)26-38)51-22-24-53-46(49)4-2)43-12-8-7-11-41(43)42-29-31-9-5-6-10-32(31)30-44(42)47/h3-20,25-30H,1-2,21-24H2. The number of rotatable bonds is 12. The number of benzene rings is 7. The van der Waals surface area contributed by atoms with Crippen molar-refractivity contribution in [3.8, 4) is 22.6 Å². The third-order valence-corrected chi connectivity index (χ3v) is 9.93. The van der Waals surface area contributed by atoms with E-state index < -0.39 is 17.4 Å². The molecule has 1 aliphatic carbocycles. The van der Waals surface area contributed by atoms with Crippen molar-refractivity contribution in [1.29, 1.82) is 0 Å². The van der Waals surface area contributed by atoms with Gasteiger partial charge in [-0.05, 0) is 114 Å². The number of carbonyl (C=O) groups is 2. The Morgan fingerprint density at radius 3 is 1.51 bits per heavy atom. The van der Waals surface area contributed by atoms with Crippen molar-refractivity contribution in [3.63, 3.8) is 0 Å². The first-order chi connectivity index (χ1) is 26.0. The van der Waals surface area contributed by atoms with Crippen molar-refractivity contribution < 1.29 is 28.5 Å². The first-order valence-corrected chi connectivity index (χ1v) is 17.5. The zero-order chi connectivity index (χ0) is 36.4. The highest BCUT2D eigenvalue weighted by atomic mass is 16.6. The Bertz CT molecular complexity index is 2450. The molecule has 0 amide bonds. The van der Waals surface area contributed by atoms with Gasteiger partial charge in [-0.25, -0.2) is 9.59 Å². The number of fused-ring (bicyclic) bond motifs is 6. The normalized spacial score (nSPS) is 12.5. The summed E-state index contributed by atoms with van der Waals surface area (Å²) >= 11 is 0. The Balaban J connectivity index is 1.24. The van der Waals surface area contributed by atoms with Crippen LogP contribution >= 0.6 is 0 Å². The molecule has 7 aromatic rings. The van der Waals surface area contributed by atoms with E-state index in [9.17, 15) is 9.59 Å². The van der Waals surface area contributed by atoms with Crippen LogP contribution < -0.4 is 9.47 Å². The molecular formula is C47H36O6. The molecular weight excluding hydrogens is 661 g/mol. The number of esters is 2. The number of ether oxygens (including phenoxy) is 4. The van der Waals surface area contributed by atoms with Gasteiger partial charge in [0.2, 0.25) is 0 Å². The van der Waals surface area contributed by atoms with Gasteiger partial charge >= 0.3 is 11.9 Å². The maximum absolute atomic E-state index is 11.4. The van der Waals surface area contributed by atoms with Crippen LogP contribution in [-0.4, -0.2) is 38.4 Å². The first-order valence-electron chi connectivity index (χ1n) is 17.5. The topological polar surface area (TPSA) is 71.1 Å². The average molecular weight is 697 g/mol. The van der Waals surface area contributed by atoms with E-state index in [-0.39, 0.29) is 26.4 Å². The second kappa shape index (κ2) is 14.2. The number of hydrogen-bond donors (Lipinski definition) is 0. The summed E-state index contributed by atoms with van der Waals surface area (Å²) < 4.78 is 22.0. The van der Waals surface area contributed by atoms with E-state index in [4.69, 9.17) is 18.9 Å². The minimum atomic E-state index is -0.618. The molecule has 1 aliphatic rings. The van der Waals surface area contributed by atoms with Crippen molar-refractivity contribution in [2.75, 3.05) is 26.4 Å². The Hall–Kier alpha value is -6.66. The molecule has 0 atom stereocenters. The van der Waals surface area contributed by atoms with Gasteiger partial charge in [0.15, 0.2) is 0 Å². The fourth-order valence-corrected chi connectivity index (χ4v) is 7.57. The van der Waals surface area contributed by atoms with Crippen LogP contribution in [-0.2, 0) is 24.5 Å². The van der Waals surface area contributed by atoms with E-state index in [1.165, 1.54) is 33.0 Å². The van der Waals surface area contributed by atoms with Crippen LogP contribution in [0.1, 0.15) is 22.3 Å². The molecule has 0 aromatic heterocycles. The summed E-state index contributed by atoms with van der Waals surface area (Å²) in [6.45, 7) is 7.64. The van der Waals surface area contributed by atoms with Gasteiger partial charge in [-0.1, -0.05) is 98.1 Å². The maximum atomic E-state index is 11.4. The SMILES string of the molecule is C=CC(=O)OCCOc1ccc2cc(C3(c4ccc5cc(OCCOC(=O)C=C)ccc5c4)c4ccccc4-c4cc5ccccc5cc43)ccc2c1. The summed E-state index contributed by atoms with van der Waals surface area (Å²) in [5.41, 5.74) is 6.60. The summed E-state index contributed by atoms with van der Waals surface area (Å²) in [5.74, 6) is 0.464. The van der Waals surface area contributed by atoms with Crippen molar-refractivity contribution in [2.45, 2.75) is 5.41 Å². The van der Waals surface area contributed by atoms with Crippen molar-refractivity contribution in [1.82, 2.24) is 0 Å². The summed E-state index contributed by atoms with van der Waals surface area (Å²) in [6, 6.07) is 47.5. The predicted molar refractivity (Wildman–Crippen MR) is 210 cm³/mol. The van der Waals surface area contributed by atoms with E-state index in [2.05, 4.69) is 122 Å². The lowest BCUT2D eigenvalue weighted by Crippen LogP contribution is -2.28. The fourth-order valence-electron chi connectivity index (χ4n) is 7.57. The van der Waals surface area contributed by atoms with Gasteiger partial charge in [0.25, 0.3) is 0 Å². The van der Waals surface area contributed by atoms with E-state index in [0.29, 0.717) is 11.5 Å². The van der Waals surface area contributed by atoms with Gasteiger partial charge in [0.1, 0.15) is 37.9 Å². The zero-order valence-corrected chi connectivity index (χ0v) is 29.0. The Kier molecular flexibility index (Phi) is 8.95. The third-order valence-electron chi connectivity index (χ3n) is 9.93. The van der Waals surface area contributed by atoms with E-state index in [0.717, 1.165) is 44.8 Å². The van der Waals surface area contributed by atoms with Crippen LogP contribution in [0, 0.1) is 0 Å². The summed E-state index contributed by atoms with van der Waals surface area (Å²) in [5, 5.41) is 6.64. The van der Waals surface area contributed by atoms with Gasteiger partial charge in [0.05, 0.1) is 5.41 Å². The quantitative estimate of drug-likeness (QED) is 0.0720. The highest BCUT2D eigenvalue weighted by Crippen LogP contribution is 2.57. The molecule has 260 valence electrons. The Labute approximate surface area is 307 Å². The smallest absolute Gasteiger partial charge is 0.330 e. The number of carbonyl (C=O) groups excluding carboxylic acids is 2. The maximum Gasteiger partial charge on any atom is 0.330 e. The van der Waals surface area contributed by atoms with Gasteiger partial charge in [0, 0.05) is 12.2 Å².